The number of nitriles is 1. The number of rotatable bonds is 7. The van der Waals surface area contributed by atoms with Crippen molar-refractivity contribution >= 4 is 39.2 Å². The number of carbonyl (C=O) groups is 1. The molecule has 0 spiro atoms. The van der Waals surface area contributed by atoms with Crippen molar-refractivity contribution in [3.8, 4) is 6.07 Å². The molecule has 2 aromatic rings. The Balaban J connectivity index is 2.30. The molecule has 2 rings (SSSR count). The van der Waals surface area contributed by atoms with E-state index in [0.29, 0.717) is 28.5 Å². The third kappa shape index (κ3) is 3.86. The van der Waals surface area contributed by atoms with E-state index in [1.807, 2.05) is 19.9 Å². The minimum absolute atomic E-state index is 0.103. The number of carbonyl (C=O) groups excluding carboxylic acids is 1. The Kier molecular flexibility index (Phi) is 6.17. The van der Waals surface area contributed by atoms with Crippen molar-refractivity contribution in [1.82, 2.24) is 14.9 Å². The predicted octanol–water partition coefficient (Wildman–Crippen LogP) is 2.38. The van der Waals surface area contributed by atoms with Gasteiger partial charge in [-0.05, 0) is 19.4 Å². The topological polar surface area (TPSA) is 87.8 Å². The molecule has 0 saturated heterocycles. The molecule has 0 radical (unpaired) electrons. The first-order chi connectivity index (χ1) is 11.5. The van der Waals surface area contributed by atoms with Crippen LogP contribution in [-0.4, -0.2) is 27.8 Å². The average molecular weight is 362 g/mol. The highest BCUT2D eigenvalue weighted by Crippen LogP contribution is 2.28. The Bertz CT molecular complexity index is 877. The first-order valence-corrected chi connectivity index (χ1v) is 9.17. The van der Waals surface area contributed by atoms with Gasteiger partial charge in [-0.1, -0.05) is 17.8 Å². The molecule has 0 atom stereocenters. The Labute approximate surface area is 148 Å². The molecule has 0 aliphatic heterocycles. The van der Waals surface area contributed by atoms with Crippen LogP contribution in [0.5, 0.6) is 0 Å². The molecule has 24 heavy (non-hydrogen) atoms. The van der Waals surface area contributed by atoms with Crippen molar-refractivity contribution in [2.45, 2.75) is 32.0 Å². The molecule has 1 amide bonds. The Hall–Kier alpha value is -2.11. The van der Waals surface area contributed by atoms with Crippen LogP contribution in [0.25, 0.3) is 10.2 Å². The SMILES string of the molecule is C=CCn1c(SCC(=O)NCCC#N)nc2sc(C)c(C)c2c1=O. The fourth-order valence-corrected chi connectivity index (χ4v) is 4.06. The van der Waals surface area contributed by atoms with Crippen LogP contribution in [0.3, 0.4) is 0 Å². The smallest absolute Gasteiger partial charge is 0.263 e. The maximum atomic E-state index is 12.8. The molecular weight excluding hydrogens is 344 g/mol. The lowest BCUT2D eigenvalue weighted by Gasteiger charge is -2.10. The lowest BCUT2D eigenvalue weighted by Crippen LogP contribution is -2.27. The van der Waals surface area contributed by atoms with Crippen LogP contribution >= 0.6 is 23.1 Å². The fraction of sp³-hybridized carbons (Fsp3) is 0.375. The van der Waals surface area contributed by atoms with Crippen molar-refractivity contribution in [2.75, 3.05) is 12.3 Å². The highest BCUT2D eigenvalue weighted by atomic mass is 32.2. The molecule has 2 aromatic heterocycles. The standard InChI is InChI=1S/C16H18N4O2S2/c1-4-8-20-15(22)13-10(2)11(3)24-14(13)19-16(20)23-9-12(21)18-7-5-6-17/h4H,1,5,7-9H2,2-3H3,(H,18,21). The number of amides is 1. The van der Waals surface area contributed by atoms with Gasteiger partial charge in [0.2, 0.25) is 5.91 Å². The average Bonchev–Trinajstić information content (AvgIpc) is 2.83. The van der Waals surface area contributed by atoms with Gasteiger partial charge in [-0.2, -0.15) is 5.26 Å². The molecule has 1 N–H and O–H groups in total. The normalized spacial score (nSPS) is 10.5. The monoisotopic (exact) mass is 362 g/mol. The van der Waals surface area contributed by atoms with Gasteiger partial charge in [0.1, 0.15) is 4.83 Å². The van der Waals surface area contributed by atoms with Gasteiger partial charge in [0.05, 0.1) is 23.6 Å². The van der Waals surface area contributed by atoms with Crippen LogP contribution in [0, 0.1) is 25.2 Å². The summed E-state index contributed by atoms with van der Waals surface area (Å²) in [5.74, 6) is -0.0441. The highest BCUT2D eigenvalue weighted by molar-refractivity contribution is 7.99. The Morgan fingerprint density at radius 3 is 2.96 bits per heavy atom. The van der Waals surface area contributed by atoms with E-state index in [9.17, 15) is 9.59 Å². The first kappa shape index (κ1) is 18.2. The van der Waals surface area contributed by atoms with E-state index in [1.165, 1.54) is 23.1 Å². The number of aromatic nitrogens is 2. The van der Waals surface area contributed by atoms with Gasteiger partial charge in [-0.3, -0.25) is 14.2 Å². The molecule has 0 aliphatic rings. The van der Waals surface area contributed by atoms with E-state index >= 15 is 0 Å². The molecule has 0 unspecified atom stereocenters. The second-order valence-electron chi connectivity index (χ2n) is 5.11. The molecule has 126 valence electrons. The van der Waals surface area contributed by atoms with E-state index in [4.69, 9.17) is 5.26 Å². The van der Waals surface area contributed by atoms with Crippen LogP contribution in [0.4, 0.5) is 0 Å². The molecule has 0 aliphatic carbocycles. The third-order valence-electron chi connectivity index (χ3n) is 3.46. The molecular formula is C16H18N4O2S2. The second-order valence-corrected chi connectivity index (χ2v) is 7.25. The van der Waals surface area contributed by atoms with Crippen LogP contribution in [0.2, 0.25) is 0 Å². The van der Waals surface area contributed by atoms with Crippen molar-refractivity contribution in [3.63, 3.8) is 0 Å². The van der Waals surface area contributed by atoms with Gasteiger partial charge in [-0.25, -0.2) is 4.98 Å². The number of thioether (sulfide) groups is 1. The molecule has 0 saturated carbocycles. The van der Waals surface area contributed by atoms with Gasteiger partial charge < -0.3 is 5.32 Å². The third-order valence-corrected chi connectivity index (χ3v) is 5.53. The van der Waals surface area contributed by atoms with Gasteiger partial charge >= 0.3 is 0 Å². The minimum Gasteiger partial charge on any atom is -0.354 e. The zero-order valence-electron chi connectivity index (χ0n) is 13.6. The number of hydrogen-bond acceptors (Lipinski definition) is 6. The molecule has 0 bridgehead atoms. The Morgan fingerprint density at radius 2 is 2.29 bits per heavy atom. The van der Waals surface area contributed by atoms with E-state index in [-0.39, 0.29) is 23.6 Å². The quantitative estimate of drug-likeness (QED) is 0.354. The number of fused-ring (bicyclic) bond motifs is 1. The highest BCUT2D eigenvalue weighted by Gasteiger charge is 2.17. The summed E-state index contributed by atoms with van der Waals surface area (Å²) >= 11 is 2.70. The lowest BCUT2D eigenvalue weighted by molar-refractivity contribution is -0.118. The summed E-state index contributed by atoms with van der Waals surface area (Å²) in [6.07, 6.45) is 1.91. The fourth-order valence-electron chi connectivity index (χ4n) is 2.15. The number of allylic oxidation sites excluding steroid dienone is 1. The van der Waals surface area contributed by atoms with E-state index in [0.717, 1.165) is 10.4 Å². The van der Waals surface area contributed by atoms with Gasteiger partial charge in [0, 0.05) is 18.0 Å². The first-order valence-electron chi connectivity index (χ1n) is 7.37. The van der Waals surface area contributed by atoms with Crippen LogP contribution in [0.1, 0.15) is 16.9 Å². The van der Waals surface area contributed by atoms with E-state index < -0.39 is 0 Å². The van der Waals surface area contributed by atoms with Crippen LogP contribution in [0.15, 0.2) is 22.6 Å². The summed E-state index contributed by atoms with van der Waals surface area (Å²) in [5, 5.41) is 12.3. The van der Waals surface area contributed by atoms with Crippen LogP contribution < -0.4 is 10.9 Å². The van der Waals surface area contributed by atoms with Gasteiger partial charge in [-0.15, -0.1) is 17.9 Å². The van der Waals surface area contributed by atoms with E-state index in [2.05, 4.69) is 16.9 Å². The predicted molar refractivity (Wildman–Crippen MR) is 97.5 cm³/mol. The van der Waals surface area contributed by atoms with Gasteiger partial charge in [0.15, 0.2) is 5.16 Å². The lowest BCUT2D eigenvalue weighted by atomic mass is 10.2. The molecule has 6 nitrogen and oxygen atoms in total. The second kappa shape index (κ2) is 8.13. The molecule has 2 heterocycles. The number of hydrogen-bond donors (Lipinski definition) is 1. The maximum Gasteiger partial charge on any atom is 0.263 e. The summed E-state index contributed by atoms with van der Waals surface area (Å²) < 4.78 is 1.54. The summed E-state index contributed by atoms with van der Waals surface area (Å²) in [7, 11) is 0. The number of thiophene rings is 1. The number of aryl methyl sites for hydroxylation is 2. The number of nitrogens with one attached hydrogen (secondary N) is 1. The summed E-state index contributed by atoms with van der Waals surface area (Å²) in [4.78, 5) is 30.9. The number of nitrogens with zero attached hydrogens (tertiary/aromatic N) is 3. The Morgan fingerprint density at radius 1 is 1.54 bits per heavy atom. The summed E-state index contributed by atoms with van der Waals surface area (Å²) in [6, 6.07) is 1.97. The molecule has 0 fully saturated rings. The summed E-state index contributed by atoms with van der Waals surface area (Å²) in [6.45, 7) is 8.24. The maximum absolute atomic E-state index is 12.8. The van der Waals surface area contributed by atoms with Crippen molar-refractivity contribution in [3.05, 3.63) is 33.4 Å². The van der Waals surface area contributed by atoms with Crippen molar-refractivity contribution in [1.29, 1.82) is 5.26 Å². The largest absolute Gasteiger partial charge is 0.354 e. The van der Waals surface area contributed by atoms with Crippen molar-refractivity contribution in [2.24, 2.45) is 0 Å². The zero-order chi connectivity index (χ0) is 17.7. The van der Waals surface area contributed by atoms with Crippen LogP contribution in [-0.2, 0) is 11.3 Å². The van der Waals surface area contributed by atoms with Gasteiger partial charge in [0.25, 0.3) is 5.56 Å². The zero-order valence-corrected chi connectivity index (χ0v) is 15.2. The minimum atomic E-state index is -0.187. The van der Waals surface area contributed by atoms with E-state index in [1.54, 1.807) is 10.6 Å². The molecule has 0 aromatic carbocycles. The van der Waals surface area contributed by atoms with Crippen molar-refractivity contribution < 1.29 is 4.79 Å². The molecule has 8 heteroatoms. The summed E-state index contributed by atoms with van der Waals surface area (Å²) in [5.41, 5.74) is 0.852.